The number of hydrogen-bond acceptors (Lipinski definition) is 2. The highest BCUT2D eigenvalue weighted by molar-refractivity contribution is 5.32. The van der Waals surface area contributed by atoms with Crippen molar-refractivity contribution in [3.8, 4) is 5.75 Å². The Labute approximate surface area is 99.9 Å². The molecular weight excluding hydrogens is 219 g/mol. The van der Waals surface area contributed by atoms with Crippen LogP contribution in [0.25, 0.3) is 0 Å². The number of ether oxygens (including phenoxy) is 1. The normalized spacial score (nSPS) is 10.5. The fraction of sp³-hybridized carbons (Fsp3) is 0.308. The second kappa shape index (κ2) is 4.99. The molecule has 1 aromatic carbocycles. The van der Waals surface area contributed by atoms with E-state index in [2.05, 4.69) is 4.98 Å². The Kier molecular flexibility index (Phi) is 3.42. The van der Waals surface area contributed by atoms with Crippen LogP contribution in [0.2, 0.25) is 0 Å². The van der Waals surface area contributed by atoms with Crippen LogP contribution in [0.4, 0.5) is 4.39 Å². The predicted molar refractivity (Wildman–Crippen MR) is 63.4 cm³/mol. The molecule has 0 aliphatic heterocycles. The number of halogens is 1. The van der Waals surface area contributed by atoms with E-state index >= 15 is 0 Å². The Morgan fingerprint density at radius 2 is 2.24 bits per heavy atom. The largest absolute Gasteiger partial charge is 0.487 e. The smallest absolute Gasteiger partial charge is 0.130 e. The molecule has 0 fully saturated rings. The number of rotatable bonds is 4. The van der Waals surface area contributed by atoms with Crippen molar-refractivity contribution in [2.75, 3.05) is 0 Å². The van der Waals surface area contributed by atoms with Crippen LogP contribution in [0, 0.1) is 12.7 Å². The lowest BCUT2D eigenvalue weighted by molar-refractivity contribution is 0.293. The molecule has 17 heavy (non-hydrogen) atoms. The molecule has 2 aromatic rings. The van der Waals surface area contributed by atoms with E-state index in [4.69, 9.17) is 4.74 Å². The van der Waals surface area contributed by atoms with Crippen molar-refractivity contribution in [1.82, 2.24) is 9.55 Å². The second-order valence-corrected chi connectivity index (χ2v) is 3.87. The lowest BCUT2D eigenvalue weighted by atomic mass is 10.2. The summed E-state index contributed by atoms with van der Waals surface area (Å²) in [6.45, 7) is 5.19. The van der Waals surface area contributed by atoms with Gasteiger partial charge in [0, 0.05) is 6.54 Å². The first-order valence-corrected chi connectivity index (χ1v) is 5.58. The summed E-state index contributed by atoms with van der Waals surface area (Å²) in [6, 6.07) is 4.52. The minimum absolute atomic E-state index is 0.242. The molecule has 0 N–H and O–H groups in total. The quantitative estimate of drug-likeness (QED) is 0.813. The van der Waals surface area contributed by atoms with Gasteiger partial charge in [0.05, 0.1) is 18.2 Å². The van der Waals surface area contributed by atoms with E-state index in [1.807, 2.05) is 18.4 Å². The van der Waals surface area contributed by atoms with Crippen molar-refractivity contribution in [3.05, 3.63) is 47.8 Å². The Bertz CT molecular complexity index is 508. The van der Waals surface area contributed by atoms with Crippen LogP contribution in [-0.2, 0) is 13.2 Å². The lowest BCUT2D eigenvalue weighted by Crippen LogP contribution is -2.04. The van der Waals surface area contributed by atoms with Crippen molar-refractivity contribution < 1.29 is 9.13 Å². The first kappa shape index (κ1) is 11.6. The predicted octanol–water partition coefficient (Wildman–Crippen LogP) is 2.93. The first-order valence-electron chi connectivity index (χ1n) is 5.58. The zero-order valence-corrected chi connectivity index (χ0v) is 9.98. The molecule has 0 bridgehead atoms. The van der Waals surface area contributed by atoms with Crippen LogP contribution in [0.5, 0.6) is 5.75 Å². The number of imidazole rings is 1. The highest BCUT2D eigenvalue weighted by Gasteiger charge is 2.04. The van der Waals surface area contributed by atoms with Crippen LogP contribution >= 0.6 is 0 Å². The summed E-state index contributed by atoms with van der Waals surface area (Å²) >= 11 is 0. The van der Waals surface area contributed by atoms with Crippen molar-refractivity contribution in [2.24, 2.45) is 0 Å². The van der Waals surface area contributed by atoms with E-state index in [1.165, 1.54) is 12.1 Å². The summed E-state index contributed by atoms with van der Waals surface area (Å²) in [6.07, 6.45) is 3.55. The minimum Gasteiger partial charge on any atom is -0.487 e. The molecule has 0 aliphatic carbocycles. The highest BCUT2D eigenvalue weighted by Crippen LogP contribution is 2.19. The molecule has 3 nitrogen and oxygen atoms in total. The van der Waals surface area contributed by atoms with Crippen LogP contribution in [-0.4, -0.2) is 9.55 Å². The van der Waals surface area contributed by atoms with E-state index in [-0.39, 0.29) is 5.82 Å². The first-order chi connectivity index (χ1) is 8.20. The number of aromatic nitrogens is 2. The van der Waals surface area contributed by atoms with E-state index < -0.39 is 0 Å². The standard InChI is InChI=1S/C13H15FN2O/c1-3-16-9-15-7-12(16)8-17-13-5-4-11(14)6-10(13)2/h4-7,9H,3,8H2,1-2H3. The monoisotopic (exact) mass is 234 g/mol. The Balaban J connectivity index is 2.07. The molecule has 0 radical (unpaired) electrons. The highest BCUT2D eigenvalue weighted by atomic mass is 19.1. The number of hydrogen-bond donors (Lipinski definition) is 0. The molecule has 1 aromatic heterocycles. The van der Waals surface area contributed by atoms with Gasteiger partial charge in [-0.1, -0.05) is 0 Å². The summed E-state index contributed by atoms with van der Waals surface area (Å²) in [5, 5.41) is 0. The maximum absolute atomic E-state index is 12.9. The maximum atomic E-state index is 12.9. The molecular formula is C13H15FN2O. The summed E-state index contributed by atoms with van der Waals surface area (Å²) in [5.41, 5.74) is 1.81. The Hall–Kier alpha value is -1.84. The number of benzene rings is 1. The number of aryl methyl sites for hydroxylation is 2. The Morgan fingerprint density at radius 3 is 2.94 bits per heavy atom. The van der Waals surface area contributed by atoms with Crippen molar-refractivity contribution >= 4 is 0 Å². The van der Waals surface area contributed by atoms with Gasteiger partial charge in [-0.25, -0.2) is 9.37 Å². The molecule has 0 spiro atoms. The van der Waals surface area contributed by atoms with Gasteiger partial charge in [-0.2, -0.15) is 0 Å². The topological polar surface area (TPSA) is 27.1 Å². The average Bonchev–Trinajstić information content (AvgIpc) is 2.75. The van der Waals surface area contributed by atoms with Crippen LogP contribution in [0.3, 0.4) is 0 Å². The fourth-order valence-electron chi connectivity index (χ4n) is 1.68. The van der Waals surface area contributed by atoms with Gasteiger partial charge in [0.15, 0.2) is 0 Å². The molecule has 0 saturated heterocycles. The molecule has 0 unspecified atom stereocenters. The van der Waals surface area contributed by atoms with Gasteiger partial charge in [0.2, 0.25) is 0 Å². The van der Waals surface area contributed by atoms with Crippen molar-refractivity contribution in [3.63, 3.8) is 0 Å². The van der Waals surface area contributed by atoms with Crippen molar-refractivity contribution in [1.29, 1.82) is 0 Å². The van der Waals surface area contributed by atoms with Gasteiger partial charge in [0.25, 0.3) is 0 Å². The summed E-state index contributed by atoms with van der Waals surface area (Å²) in [7, 11) is 0. The van der Waals surface area contributed by atoms with E-state index in [9.17, 15) is 4.39 Å². The van der Waals surface area contributed by atoms with Gasteiger partial charge in [0.1, 0.15) is 18.2 Å². The van der Waals surface area contributed by atoms with Gasteiger partial charge in [-0.05, 0) is 37.6 Å². The van der Waals surface area contributed by atoms with E-state index in [0.717, 1.165) is 17.8 Å². The van der Waals surface area contributed by atoms with E-state index in [0.29, 0.717) is 12.4 Å². The third-order valence-electron chi connectivity index (χ3n) is 2.65. The van der Waals surface area contributed by atoms with Crippen LogP contribution in [0.1, 0.15) is 18.2 Å². The fourth-order valence-corrected chi connectivity index (χ4v) is 1.68. The molecule has 1 heterocycles. The third-order valence-corrected chi connectivity index (χ3v) is 2.65. The third kappa shape index (κ3) is 2.64. The molecule has 2 rings (SSSR count). The van der Waals surface area contributed by atoms with E-state index in [1.54, 1.807) is 18.6 Å². The van der Waals surface area contributed by atoms with Crippen LogP contribution in [0.15, 0.2) is 30.7 Å². The number of nitrogens with zero attached hydrogens (tertiary/aromatic N) is 2. The average molecular weight is 234 g/mol. The minimum atomic E-state index is -0.242. The zero-order valence-electron chi connectivity index (χ0n) is 9.98. The lowest BCUT2D eigenvalue weighted by Gasteiger charge is -2.10. The summed E-state index contributed by atoms with van der Waals surface area (Å²) in [5.74, 6) is 0.462. The summed E-state index contributed by atoms with van der Waals surface area (Å²) in [4.78, 5) is 4.06. The maximum Gasteiger partial charge on any atom is 0.130 e. The molecule has 0 saturated carbocycles. The molecule has 0 aliphatic rings. The zero-order chi connectivity index (χ0) is 12.3. The van der Waals surface area contributed by atoms with Gasteiger partial charge >= 0.3 is 0 Å². The van der Waals surface area contributed by atoms with Crippen LogP contribution < -0.4 is 4.74 Å². The van der Waals surface area contributed by atoms with Gasteiger partial charge in [-0.3, -0.25) is 0 Å². The Morgan fingerprint density at radius 1 is 1.41 bits per heavy atom. The van der Waals surface area contributed by atoms with Gasteiger partial charge in [-0.15, -0.1) is 0 Å². The van der Waals surface area contributed by atoms with Crippen molar-refractivity contribution in [2.45, 2.75) is 27.0 Å². The molecule has 4 heteroatoms. The SMILES string of the molecule is CCn1cncc1COc1ccc(F)cc1C. The van der Waals surface area contributed by atoms with Gasteiger partial charge < -0.3 is 9.30 Å². The second-order valence-electron chi connectivity index (χ2n) is 3.87. The summed E-state index contributed by atoms with van der Waals surface area (Å²) < 4.78 is 20.6. The molecule has 0 amide bonds. The molecule has 90 valence electrons. The molecule has 0 atom stereocenters.